The Kier molecular flexibility index (Phi) is 5.28. The van der Waals surface area contributed by atoms with E-state index >= 15 is 0 Å². The maximum absolute atomic E-state index is 6.54. The van der Waals surface area contributed by atoms with Crippen LogP contribution in [-0.2, 0) is 0 Å². The summed E-state index contributed by atoms with van der Waals surface area (Å²) in [5.41, 5.74) is 5.30. The summed E-state index contributed by atoms with van der Waals surface area (Å²) in [6.45, 7) is 4.68. The minimum atomic E-state index is -0.394. The largest absolute Gasteiger partial charge is 0.494 e. The molecule has 6 heteroatoms. The lowest BCUT2D eigenvalue weighted by Gasteiger charge is -2.38. The van der Waals surface area contributed by atoms with Crippen LogP contribution >= 0.6 is 23.2 Å². The Labute approximate surface area is 192 Å². The van der Waals surface area contributed by atoms with Crippen LogP contribution < -0.4 is 9.47 Å². The predicted octanol–water partition coefficient (Wildman–Crippen LogP) is 6.94. The Morgan fingerprint density at radius 2 is 1.81 bits per heavy atom. The molecule has 31 heavy (non-hydrogen) atoms. The number of ether oxygens (including phenoxy) is 2. The van der Waals surface area contributed by atoms with Gasteiger partial charge in [0.15, 0.2) is 0 Å². The van der Waals surface area contributed by atoms with Gasteiger partial charge in [-0.25, -0.2) is 5.01 Å². The summed E-state index contributed by atoms with van der Waals surface area (Å²) < 4.78 is 12.0. The van der Waals surface area contributed by atoms with Crippen LogP contribution in [0.3, 0.4) is 0 Å². The van der Waals surface area contributed by atoms with Gasteiger partial charge < -0.3 is 9.47 Å². The molecular formula is C25H22Cl2N2O2. The zero-order chi connectivity index (χ0) is 21.5. The van der Waals surface area contributed by atoms with Crippen molar-refractivity contribution in [3.63, 3.8) is 0 Å². The van der Waals surface area contributed by atoms with Crippen LogP contribution in [0.25, 0.3) is 0 Å². The topological polar surface area (TPSA) is 34.1 Å². The number of nitrogens with zero attached hydrogens (tertiary/aromatic N) is 2. The van der Waals surface area contributed by atoms with E-state index in [1.54, 1.807) is 6.07 Å². The van der Waals surface area contributed by atoms with Gasteiger partial charge in [0.2, 0.25) is 6.23 Å². The van der Waals surface area contributed by atoms with Crippen molar-refractivity contribution < 1.29 is 9.47 Å². The van der Waals surface area contributed by atoms with E-state index in [0.717, 1.165) is 34.6 Å². The van der Waals surface area contributed by atoms with Crippen molar-refractivity contribution in [3.05, 3.63) is 93.0 Å². The highest BCUT2D eigenvalue weighted by Gasteiger charge is 2.42. The van der Waals surface area contributed by atoms with Crippen molar-refractivity contribution in [1.82, 2.24) is 5.01 Å². The van der Waals surface area contributed by atoms with Crippen LogP contribution in [0.15, 0.2) is 65.8 Å². The lowest BCUT2D eigenvalue weighted by molar-refractivity contribution is -0.0189. The van der Waals surface area contributed by atoms with Crippen LogP contribution in [0.4, 0.5) is 0 Å². The Bertz CT molecular complexity index is 1140. The van der Waals surface area contributed by atoms with Crippen molar-refractivity contribution in [3.8, 4) is 11.5 Å². The second-order valence-corrected chi connectivity index (χ2v) is 8.63. The van der Waals surface area contributed by atoms with Crippen LogP contribution in [0, 0.1) is 6.92 Å². The number of hydrogen-bond donors (Lipinski definition) is 0. The van der Waals surface area contributed by atoms with Crippen molar-refractivity contribution in [2.24, 2.45) is 5.10 Å². The third-order valence-corrected chi connectivity index (χ3v) is 6.17. The summed E-state index contributed by atoms with van der Waals surface area (Å²) in [5.74, 6) is 1.50. The molecule has 2 aliphatic heterocycles. The molecule has 5 rings (SSSR count). The Balaban J connectivity index is 1.58. The summed E-state index contributed by atoms with van der Waals surface area (Å²) in [7, 11) is 0. The van der Waals surface area contributed by atoms with E-state index in [2.05, 4.69) is 31.2 Å². The highest BCUT2D eigenvalue weighted by Crippen LogP contribution is 2.50. The molecule has 0 N–H and O–H groups in total. The second kappa shape index (κ2) is 8.10. The van der Waals surface area contributed by atoms with E-state index in [1.165, 1.54) is 5.56 Å². The van der Waals surface area contributed by atoms with Gasteiger partial charge in [-0.3, -0.25) is 0 Å². The standard InChI is InChI=1S/C25H22Cl2N2O2/c1-3-30-19-10-8-17(9-11-19)25-29-23(20-12-18(26)13-21(27)24(20)31-25)14-22(28-29)16-6-4-15(2)5-7-16/h4-13,23,25H,3,14H2,1-2H3. The van der Waals surface area contributed by atoms with Gasteiger partial charge in [0.25, 0.3) is 0 Å². The molecule has 3 aromatic rings. The molecule has 0 bridgehead atoms. The third-order valence-electron chi connectivity index (χ3n) is 5.67. The summed E-state index contributed by atoms with van der Waals surface area (Å²) in [6.07, 6.45) is 0.360. The molecule has 0 fully saturated rings. The molecular weight excluding hydrogens is 431 g/mol. The van der Waals surface area contributed by atoms with Crippen molar-refractivity contribution in [2.45, 2.75) is 32.5 Å². The molecule has 0 aliphatic carbocycles. The number of hydrazone groups is 1. The molecule has 0 amide bonds. The summed E-state index contributed by atoms with van der Waals surface area (Å²) in [5, 5.41) is 8.13. The van der Waals surface area contributed by atoms with Gasteiger partial charge in [-0.1, -0.05) is 53.0 Å². The number of hydrogen-bond acceptors (Lipinski definition) is 4. The lowest BCUT2D eigenvalue weighted by atomic mass is 9.95. The fraction of sp³-hybridized carbons (Fsp3) is 0.240. The first-order valence-corrected chi connectivity index (χ1v) is 11.1. The number of halogens is 2. The number of aryl methyl sites for hydroxylation is 1. The Hall–Kier alpha value is -2.69. The van der Waals surface area contributed by atoms with Gasteiger partial charge in [-0.05, 0) is 55.8 Å². The average molecular weight is 453 g/mol. The number of benzene rings is 3. The molecule has 0 spiro atoms. The molecule has 0 aromatic heterocycles. The van der Waals surface area contributed by atoms with Crippen LogP contribution in [-0.4, -0.2) is 17.3 Å². The average Bonchev–Trinajstić information content (AvgIpc) is 3.20. The van der Waals surface area contributed by atoms with E-state index in [-0.39, 0.29) is 6.04 Å². The first-order valence-electron chi connectivity index (χ1n) is 10.3. The summed E-state index contributed by atoms with van der Waals surface area (Å²) in [6, 6.07) is 20.0. The summed E-state index contributed by atoms with van der Waals surface area (Å²) in [4.78, 5) is 0. The molecule has 3 aromatic carbocycles. The first kappa shape index (κ1) is 20.2. The Morgan fingerprint density at radius 1 is 1.06 bits per heavy atom. The van der Waals surface area contributed by atoms with Gasteiger partial charge in [-0.2, -0.15) is 5.10 Å². The molecule has 2 aliphatic rings. The predicted molar refractivity (Wildman–Crippen MR) is 124 cm³/mol. The third kappa shape index (κ3) is 3.75. The fourth-order valence-electron chi connectivity index (χ4n) is 4.15. The van der Waals surface area contributed by atoms with Gasteiger partial charge in [0, 0.05) is 22.6 Å². The molecule has 0 saturated heterocycles. The van der Waals surface area contributed by atoms with E-state index < -0.39 is 6.23 Å². The maximum atomic E-state index is 6.54. The van der Waals surface area contributed by atoms with Gasteiger partial charge in [0.1, 0.15) is 11.5 Å². The van der Waals surface area contributed by atoms with E-state index in [1.807, 2.05) is 42.3 Å². The maximum Gasteiger partial charge on any atom is 0.213 e. The van der Waals surface area contributed by atoms with Gasteiger partial charge >= 0.3 is 0 Å². The molecule has 2 unspecified atom stereocenters. The van der Waals surface area contributed by atoms with E-state index in [4.69, 9.17) is 37.8 Å². The zero-order valence-corrected chi connectivity index (χ0v) is 18.8. The highest BCUT2D eigenvalue weighted by molar-refractivity contribution is 6.35. The number of fused-ring (bicyclic) bond motifs is 3. The molecule has 0 radical (unpaired) electrons. The van der Waals surface area contributed by atoms with Gasteiger partial charge in [0.05, 0.1) is 23.4 Å². The second-order valence-electron chi connectivity index (χ2n) is 7.79. The molecule has 4 nitrogen and oxygen atoms in total. The van der Waals surface area contributed by atoms with Crippen molar-refractivity contribution >= 4 is 28.9 Å². The lowest BCUT2D eigenvalue weighted by Crippen LogP contribution is -2.33. The minimum absolute atomic E-state index is 0.00665. The fourth-order valence-corrected chi connectivity index (χ4v) is 4.70. The SMILES string of the molecule is CCOc1ccc(C2Oc3c(Cl)cc(Cl)cc3C3CC(c4ccc(C)cc4)=NN32)cc1. The highest BCUT2D eigenvalue weighted by atomic mass is 35.5. The quantitative estimate of drug-likeness (QED) is 0.429. The minimum Gasteiger partial charge on any atom is -0.494 e. The Morgan fingerprint density at radius 3 is 2.52 bits per heavy atom. The monoisotopic (exact) mass is 452 g/mol. The smallest absolute Gasteiger partial charge is 0.213 e. The van der Waals surface area contributed by atoms with Crippen LogP contribution in [0.1, 0.15) is 47.9 Å². The van der Waals surface area contributed by atoms with E-state index in [0.29, 0.717) is 22.4 Å². The summed E-state index contributed by atoms with van der Waals surface area (Å²) >= 11 is 12.9. The van der Waals surface area contributed by atoms with Crippen LogP contribution in [0.5, 0.6) is 11.5 Å². The molecule has 2 atom stereocenters. The van der Waals surface area contributed by atoms with Gasteiger partial charge in [-0.15, -0.1) is 0 Å². The van der Waals surface area contributed by atoms with E-state index in [9.17, 15) is 0 Å². The zero-order valence-electron chi connectivity index (χ0n) is 17.3. The number of rotatable bonds is 4. The molecule has 2 heterocycles. The van der Waals surface area contributed by atoms with Crippen molar-refractivity contribution in [1.29, 1.82) is 0 Å². The van der Waals surface area contributed by atoms with Crippen LogP contribution in [0.2, 0.25) is 10.0 Å². The molecule has 0 saturated carbocycles. The normalized spacial score (nSPS) is 19.4. The first-order chi connectivity index (χ1) is 15.0. The van der Waals surface area contributed by atoms with Crippen molar-refractivity contribution in [2.75, 3.05) is 6.61 Å². The molecule has 158 valence electrons.